The van der Waals surface area contributed by atoms with Gasteiger partial charge in [0, 0.05) is 16.2 Å². The topological polar surface area (TPSA) is 134 Å². The van der Waals surface area contributed by atoms with Gasteiger partial charge in [-0.3, -0.25) is 4.79 Å². The third kappa shape index (κ3) is 4.80. The Morgan fingerprint density at radius 1 is 1.11 bits per heavy atom. The number of hydrogen-bond donors (Lipinski definition) is 2. The number of sulfonamides is 1. The molecule has 0 unspecified atom stereocenters. The lowest BCUT2D eigenvalue weighted by atomic mass is 10.2. The van der Waals surface area contributed by atoms with Gasteiger partial charge < -0.3 is 19.5 Å². The number of benzene rings is 2. The van der Waals surface area contributed by atoms with E-state index in [2.05, 4.69) is 21.2 Å². The number of carbonyl (C=O) groups excluding carboxylic acids is 2. The number of halogens is 1. The molecule has 3 N–H and O–H groups in total. The van der Waals surface area contributed by atoms with Crippen LogP contribution in [0, 0.1) is 0 Å². The highest BCUT2D eigenvalue weighted by molar-refractivity contribution is 9.10. The SMILES string of the molecule is NS(=O)(=O)c1ccc(Br)c(C(=O)OCC(=O)Nc2ccc3c(c2)OCCO3)c1. The molecule has 0 aromatic heterocycles. The number of ether oxygens (including phenoxy) is 3. The number of hydrogen-bond acceptors (Lipinski definition) is 7. The molecular weight excluding hydrogens is 456 g/mol. The van der Waals surface area contributed by atoms with E-state index < -0.39 is 28.5 Å². The Balaban J connectivity index is 1.62. The Morgan fingerprint density at radius 3 is 2.54 bits per heavy atom. The van der Waals surface area contributed by atoms with Gasteiger partial charge in [0.25, 0.3) is 5.91 Å². The predicted octanol–water partition coefficient (Wildman–Crippen LogP) is 1.66. The van der Waals surface area contributed by atoms with Crippen molar-refractivity contribution >= 4 is 43.5 Å². The van der Waals surface area contributed by atoms with Crippen molar-refractivity contribution < 1.29 is 32.2 Å². The van der Waals surface area contributed by atoms with E-state index in [1.165, 1.54) is 12.1 Å². The normalized spacial score (nSPS) is 12.9. The van der Waals surface area contributed by atoms with Gasteiger partial charge in [-0.2, -0.15) is 0 Å². The third-order valence-electron chi connectivity index (χ3n) is 3.65. The summed E-state index contributed by atoms with van der Waals surface area (Å²) in [7, 11) is -3.99. The first-order valence-corrected chi connectivity index (χ1v) is 10.3. The van der Waals surface area contributed by atoms with Crippen LogP contribution in [-0.2, 0) is 19.6 Å². The minimum absolute atomic E-state index is 0.0707. The van der Waals surface area contributed by atoms with E-state index in [0.717, 1.165) is 6.07 Å². The first-order chi connectivity index (χ1) is 13.2. The molecule has 28 heavy (non-hydrogen) atoms. The van der Waals surface area contributed by atoms with Crippen molar-refractivity contribution in [3.8, 4) is 11.5 Å². The van der Waals surface area contributed by atoms with E-state index in [1.807, 2.05) is 0 Å². The number of anilines is 1. The molecule has 0 fully saturated rings. The molecule has 0 saturated heterocycles. The number of primary sulfonamides is 1. The molecule has 0 spiro atoms. The molecule has 0 radical (unpaired) electrons. The van der Waals surface area contributed by atoms with Gasteiger partial charge in [-0.05, 0) is 46.3 Å². The molecule has 1 aliphatic heterocycles. The van der Waals surface area contributed by atoms with Gasteiger partial charge in [0.1, 0.15) is 13.2 Å². The smallest absolute Gasteiger partial charge is 0.339 e. The van der Waals surface area contributed by atoms with Crippen molar-refractivity contribution in [2.45, 2.75) is 4.90 Å². The van der Waals surface area contributed by atoms with E-state index in [4.69, 9.17) is 19.3 Å². The molecule has 0 atom stereocenters. The number of carbonyl (C=O) groups is 2. The van der Waals surface area contributed by atoms with Gasteiger partial charge in [-0.1, -0.05) is 0 Å². The number of esters is 1. The van der Waals surface area contributed by atoms with E-state index in [9.17, 15) is 18.0 Å². The molecule has 0 bridgehead atoms. The average molecular weight is 471 g/mol. The van der Waals surface area contributed by atoms with E-state index in [1.54, 1.807) is 18.2 Å². The van der Waals surface area contributed by atoms with Crippen LogP contribution in [0.1, 0.15) is 10.4 Å². The highest BCUT2D eigenvalue weighted by atomic mass is 79.9. The Kier molecular flexibility index (Phi) is 5.87. The maximum Gasteiger partial charge on any atom is 0.339 e. The number of amides is 1. The highest BCUT2D eigenvalue weighted by Crippen LogP contribution is 2.32. The number of nitrogens with one attached hydrogen (secondary N) is 1. The molecule has 9 nitrogen and oxygen atoms in total. The molecule has 1 heterocycles. The van der Waals surface area contributed by atoms with Crippen LogP contribution in [0.25, 0.3) is 0 Å². The summed E-state index contributed by atoms with van der Waals surface area (Å²) in [4.78, 5) is 24.0. The summed E-state index contributed by atoms with van der Waals surface area (Å²) in [6.07, 6.45) is 0. The van der Waals surface area contributed by atoms with Crippen LogP contribution in [0.5, 0.6) is 11.5 Å². The summed E-state index contributed by atoms with van der Waals surface area (Å²) in [5.74, 6) is -0.376. The minimum Gasteiger partial charge on any atom is -0.486 e. The second-order valence-corrected chi connectivity index (χ2v) is 8.09. The van der Waals surface area contributed by atoms with Crippen LogP contribution in [-0.4, -0.2) is 40.1 Å². The van der Waals surface area contributed by atoms with Gasteiger partial charge in [-0.15, -0.1) is 0 Å². The van der Waals surface area contributed by atoms with Crippen molar-refractivity contribution in [3.63, 3.8) is 0 Å². The Labute approximate surface area is 168 Å². The van der Waals surface area contributed by atoms with Crippen molar-refractivity contribution in [2.75, 3.05) is 25.1 Å². The van der Waals surface area contributed by atoms with Gasteiger partial charge >= 0.3 is 5.97 Å². The third-order valence-corrected chi connectivity index (χ3v) is 5.25. The lowest BCUT2D eigenvalue weighted by Crippen LogP contribution is -2.22. The summed E-state index contributed by atoms with van der Waals surface area (Å²) < 4.78 is 38.9. The monoisotopic (exact) mass is 470 g/mol. The fourth-order valence-corrected chi connectivity index (χ4v) is 3.31. The fourth-order valence-electron chi connectivity index (χ4n) is 2.36. The van der Waals surface area contributed by atoms with Crippen molar-refractivity contribution in [1.29, 1.82) is 0 Å². The molecule has 148 valence electrons. The summed E-state index contributed by atoms with van der Waals surface area (Å²) in [5.41, 5.74) is 0.376. The first kappa shape index (κ1) is 20.1. The van der Waals surface area contributed by atoms with Crippen LogP contribution in [0.4, 0.5) is 5.69 Å². The molecular formula is C17H15BrN2O7S. The summed E-state index contributed by atoms with van der Waals surface area (Å²) >= 11 is 3.13. The molecule has 0 aliphatic carbocycles. The molecule has 1 amide bonds. The molecule has 0 saturated carbocycles. The second-order valence-electron chi connectivity index (χ2n) is 5.67. The molecule has 3 rings (SSSR count). The maximum absolute atomic E-state index is 12.2. The zero-order chi connectivity index (χ0) is 20.3. The van der Waals surface area contributed by atoms with Crippen LogP contribution in [0.15, 0.2) is 45.8 Å². The molecule has 1 aliphatic rings. The summed E-state index contributed by atoms with van der Waals surface area (Å²) in [6.45, 7) is 0.296. The standard InChI is InChI=1S/C17H15BrN2O7S/c18-13-3-2-11(28(19,23)24)8-12(13)17(22)27-9-16(21)20-10-1-4-14-15(7-10)26-6-5-25-14/h1-4,7-8H,5-6,9H2,(H,20,21)(H2,19,23,24). The van der Waals surface area contributed by atoms with Gasteiger partial charge in [-0.25, -0.2) is 18.4 Å². The lowest BCUT2D eigenvalue weighted by molar-refractivity contribution is -0.119. The number of fused-ring (bicyclic) bond motifs is 1. The van der Waals surface area contributed by atoms with Crippen molar-refractivity contribution in [2.24, 2.45) is 5.14 Å². The summed E-state index contributed by atoms with van der Waals surface area (Å²) in [5, 5.41) is 7.62. The zero-order valence-corrected chi connectivity index (χ0v) is 16.7. The molecule has 2 aromatic carbocycles. The Hall–Kier alpha value is -2.63. The number of nitrogens with two attached hydrogens (primary N) is 1. The Bertz CT molecular complexity index is 1040. The van der Waals surface area contributed by atoms with Crippen molar-refractivity contribution in [3.05, 3.63) is 46.4 Å². The first-order valence-electron chi connectivity index (χ1n) is 7.93. The van der Waals surface area contributed by atoms with Gasteiger partial charge in [0.2, 0.25) is 10.0 Å². The van der Waals surface area contributed by atoms with E-state index in [0.29, 0.717) is 34.9 Å². The van der Waals surface area contributed by atoms with E-state index in [-0.39, 0.29) is 10.5 Å². The molecule has 11 heteroatoms. The Morgan fingerprint density at radius 2 is 1.82 bits per heavy atom. The highest BCUT2D eigenvalue weighted by Gasteiger charge is 2.18. The number of rotatable bonds is 5. The largest absolute Gasteiger partial charge is 0.486 e. The second kappa shape index (κ2) is 8.17. The van der Waals surface area contributed by atoms with Gasteiger partial charge in [0.15, 0.2) is 18.1 Å². The van der Waals surface area contributed by atoms with Crippen LogP contribution >= 0.6 is 15.9 Å². The summed E-state index contributed by atoms with van der Waals surface area (Å²) in [6, 6.07) is 8.54. The fraction of sp³-hybridized carbons (Fsp3) is 0.176. The predicted molar refractivity (Wildman–Crippen MR) is 102 cm³/mol. The lowest BCUT2D eigenvalue weighted by Gasteiger charge is -2.19. The van der Waals surface area contributed by atoms with Crippen LogP contribution < -0.4 is 19.9 Å². The van der Waals surface area contributed by atoms with Crippen LogP contribution in [0.2, 0.25) is 0 Å². The molecule has 2 aromatic rings. The van der Waals surface area contributed by atoms with Gasteiger partial charge in [0.05, 0.1) is 10.5 Å². The maximum atomic E-state index is 12.2. The van der Waals surface area contributed by atoms with Crippen molar-refractivity contribution in [1.82, 2.24) is 0 Å². The minimum atomic E-state index is -3.99. The van der Waals surface area contributed by atoms with Crippen LogP contribution in [0.3, 0.4) is 0 Å². The quantitative estimate of drug-likeness (QED) is 0.634. The average Bonchev–Trinajstić information content (AvgIpc) is 2.65. The zero-order valence-electron chi connectivity index (χ0n) is 14.3. The van der Waals surface area contributed by atoms with E-state index >= 15 is 0 Å².